The third-order valence-corrected chi connectivity index (χ3v) is 1.000. The lowest BCUT2D eigenvalue weighted by atomic mass is 10.0. The largest absolute Gasteiger partial charge is 0.0776 e. The lowest BCUT2D eigenvalue weighted by molar-refractivity contribution is 0.504. The molecule has 0 heteroatoms. The van der Waals surface area contributed by atoms with Crippen molar-refractivity contribution in [3.8, 4) is 0 Å². The van der Waals surface area contributed by atoms with Crippen LogP contribution in [0.1, 0.15) is 62.8 Å². The molecule has 0 unspecified atom stereocenters. The standard InChI is InChI=1S/C4H8.5CH4/c1-2-4-3-1;;;;;/h1-4H2;5*1H4. The van der Waals surface area contributed by atoms with Crippen molar-refractivity contribution in [1.29, 1.82) is 0 Å². The molecular weight excluding hydrogens is 108 g/mol. The molecule has 0 aromatic heterocycles. The minimum Gasteiger partial charge on any atom is -0.0776 e. The molecule has 9 heavy (non-hydrogen) atoms. The van der Waals surface area contributed by atoms with E-state index in [4.69, 9.17) is 0 Å². The van der Waals surface area contributed by atoms with Gasteiger partial charge in [0.05, 0.1) is 0 Å². The molecule has 0 amide bonds. The van der Waals surface area contributed by atoms with Crippen LogP contribution in [-0.4, -0.2) is 0 Å². The van der Waals surface area contributed by atoms with Crippen molar-refractivity contribution in [3.63, 3.8) is 0 Å². The van der Waals surface area contributed by atoms with Crippen molar-refractivity contribution in [2.45, 2.75) is 62.8 Å². The fraction of sp³-hybridized carbons (Fsp3) is 1.00. The van der Waals surface area contributed by atoms with Crippen LogP contribution < -0.4 is 0 Å². The quantitative estimate of drug-likeness (QED) is 0.451. The second-order valence-corrected chi connectivity index (χ2v) is 1.41. The van der Waals surface area contributed by atoms with Gasteiger partial charge in [0, 0.05) is 0 Å². The molecule has 1 saturated carbocycles. The molecule has 0 radical (unpaired) electrons. The SMILES string of the molecule is C.C.C.C.C.C1CCC1. The predicted molar refractivity (Wildman–Crippen MR) is 52.1 cm³/mol. The van der Waals surface area contributed by atoms with Gasteiger partial charge >= 0.3 is 0 Å². The smallest absolute Gasteiger partial charge is 0.0533 e. The van der Waals surface area contributed by atoms with Crippen molar-refractivity contribution in [2.24, 2.45) is 0 Å². The molecule has 0 aliphatic heterocycles. The zero-order valence-corrected chi connectivity index (χ0v) is 2.83. The van der Waals surface area contributed by atoms with Crippen molar-refractivity contribution in [3.05, 3.63) is 0 Å². The van der Waals surface area contributed by atoms with Gasteiger partial charge in [0.2, 0.25) is 0 Å². The minimum absolute atomic E-state index is 0. The highest BCUT2D eigenvalue weighted by Crippen LogP contribution is 2.15. The minimum atomic E-state index is 0. The second kappa shape index (κ2) is 24.5. The summed E-state index contributed by atoms with van der Waals surface area (Å²) >= 11 is 0. The molecule has 0 aromatic carbocycles. The Kier molecular flexibility index (Phi) is 98.0. The topological polar surface area (TPSA) is 0 Å². The molecule has 0 saturated heterocycles. The highest BCUT2D eigenvalue weighted by atomic mass is 14.0. The van der Waals surface area contributed by atoms with Crippen molar-refractivity contribution in [1.82, 2.24) is 0 Å². The van der Waals surface area contributed by atoms with E-state index in [9.17, 15) is 0 Å². The van der Waals surface area contributed by atoms with Crippen LogP contribution in [0.4, 0.5) is 0 Å². The fourth-order valence-electron chi connectivity index (χ4n) is 0.250. The Hall–Kier alpha value is 0. The molecule has 0 spiro atoms. The summed E-state index contributed by atoms with van der Waals surface area (Å²) in [6.45, 7) is 0. The average molecular weight is 136 g/mol. The summed E-state index contributed by atoms with van der Waals surface area (Å²) in [7, 11) is 0. The lowest BCUT2D eigenvalue weighted by Crippen LogP contribution is -1.85. The Balaban J connectivity index is -0.0000000107. The number of hydrogen-bond donors (Lipinski definition) is 0. The number of hydrogen-bond acceptors (Lipinski definition) is 0. The number of rotatable bonds is 0. The zero-order valence-electron chi connectivity index (χ0n) is 2.83. The van der Waals surface area contributed by atoms with E-state index in [2.05, 4.69) is 0 Å². The highest BCUT2D eigenvalue weighted by molar-refractivity contribution is 4.50. The van der Waals surface area contributed by atoms with Gasteiger partial charge in [0.25, 0.3) is 0 Å². The van der Waals surface area contributed by atoms with Crippen LogP contribution in [0.3, 0.4) is 0 Å². The summed E-state index contributed by atoms with van der Waals surface area (Å²) < 4.78 is 0. The van der Waals surface area contributed by atoms with Gasteiger partial charge in [-0.1, -0.05) is 62.8 Å². The van der Waals surface area contributed by atoms with Crippen molar-refractivity contribution in [2.75, 3.05) is 0 Å². The summed E-state index contributed by atoms with van der Waals surface area (Å²) in [4.78, 5) is 0. The summed E-state index contributed by atoms with van der Waals surface area (Å²) in [5, 5.41) is 0. The van der Waals surface area contributed by atoms with E-state index < -0.39 is 0 Å². The highest BCUT2D eigenvalue weighted by Gasteiger charge is 1.95. The summed E-state index contributed by atoms with van der Waals surface area (Å²) in [5.74, 6) is 0. The molecule has 0 heterocycles. The van der Waals surface area contributed by atoms with Gasteiger partial charge in [-0.3, -0.25) is 0 Å². The van der Waals surface area contributed by atoms with Gasteiger partial charge in [0.1, 0.15) is 0 Å². The van der Waals surface area contributed by atoms with Gasteiger partial charge in [0.15, 0.2) is 0 Å². The molecule has 1 fully saturated rings. The summed E-state index contributed by atoms with van der Waals surface area (Å²) in [6.07, 6.45) is 6.00. The molecule has 0 atom stereocenters. The van der Waals surface area contributed by atoms with Gasteiger partial charge in [-0.15, -0.1) is 0 Å². The van der Waals surface area contributed by atoms with Crippen LogP contribution in [0.25, 0.3) is 0 Å². The van der Waals surface area contributed by atoms with Crippen LogP contribution >= 0.6 is 0 Å². The maximum absolute atomic E-state index is 1.50. The molecule has 1 rings (SSSR count). The first-order valence-corrected chi connectivity index (χ1v) is 2.00. The maximum atomic E-state index is 1.50. The summed E-state index contributed by atoms with van der Waals surface area (Å²) in [6, 6.07) is 0. The van der Waals surface area contributed by atoms with E-state index in [-0.39, 0.29) is 37.1 Å². The summed E-state index contributed by atoms with van der Waals surface area (Å²) in [5.41, 5.74) is 0. The molecule has 0 bridgehead atoms. The van der Waals surface area contributed by atoms with Crippen LogP contribution in [0.5, 0.6) is 0 Å². The molecule has 0 nitrogen and oxygen atoms in total. The molecule has 1 aliphatic carbocycles. The molecule has 0 aromatic rings. The Labute approximate surface area is 63.7 Å². The van der Waals surface area contributed by atoms with Gasteiger partial charge in [-0.25, -0.2) is 0 Å². The van der Waals surface area contributed by atoms with E-state index in [1.54, 1.807) is 0 Å². The lowest BCUT2D eigenvalue weighted by Gasteiger charge is -2.05. The van der Waals surface area contributed by atoms with Crippen molar-refractivity contribution < 1.29 is 0 Å². The monoisotopic (exact) mass is 136 g/mol. The van der Waals surface area contributed by atoms with Crippen molar-refractivity contribution >= 4 is 0 Å². The van der Waals surface area contributed by atoms with Gasteiger partial charge in [-0.05, 0) is 0 Å². The Morgan fingerprint density at radius 2 is 0.444 bits per heavy atom. The van der Waals surface area contributed by atoms with Crippen LogP contribution in [-0.2, 0) is 0 Å². The van der Waals surface area contributed by atoms with Crippen LogP contribution in [0, 0.1) is 0 Å². The first-order valence-electron chi connectivity index (χ1n) is 2.00. The average Bonchev–Trinajstić information content (AvgIpc) is 0.722. The first kappa shape index (κ1) is 36.0. The Bertz CT molecular complexity index is 8.00. The Morgan fingerprint density at radius 1 is 0.333 bits per heavy atom. The zero-order chi connectivity index (χ0) is 2.83. The van der Waals surface area contributed by atoms with Gasteiger partial charge < -0.3 is 0 Å². The Morgan fingerprint density at radius 3 is 0.444 bits per heavy atom. The fourth-order valence-corrected chi connectivity index (χ4v) is 0.250. The third-order valence-electron chi connectivity index (χ3n) is 1.000. The molecule has 64 valence electrons. The van der Waals surface area contributed by atoms with E-state index in [1.165, 1.54) is 25.7 Å². The van der Waals surface area contributed by atoms with Crippen LogP contribution in [0.15, 0.2) is 0 Å². The van der Waals surface area contributed by atoms with E-state index >= 15 is 0 Å². The molecular formula is C9H28. The molecule has 1 aliphatic rings. The van der Waals surface area contributed by atoms with Gasteiger partial charge in [-0.2, -0.15) is 0 Å². The predicted octanol–water partition coefficient (Wildman–Crippen LogP) is 4.74. The van der Waals surface area contributed by atoms with E-state index in [1.807, 2.05) is 0 Å². The van der Waals surface area contributed by atoms with Crippen LogP contribution in [0.2, 0.25) is 0 Å². The normalized spacial score (nSPS) is 10.7. The van der Waals surface area contributed by atoms with E-state index in [0.717, 1.165) is 0 Å². The third kappa shape index (κ3) is 18.0. The second-order valence-electron chi connectivity index (χ2n) is 1.41. The maximum Gasteiger partial charge on any atom is -0.0533 e. The first-order chi connectivity index (χ1) is 2.00. The van der Waals surface area contributed by atoms with E-state index in [0.29, 0.717) is 0 Å². The molecule has 0 N–H and O–H groups in total.